The summed E-state index contributed by atoms with van der Waals surface area (Å²) >= 11 is 1.55. The van der Waals surface area contributed by atoms with Crippen molar-refractivity contribution < 1.29 is 18.3 Å². The summed E-state index contributed by atoms with van der Waals surface area (Å²) in [5.74, 6) is 0.452. The highest BCUT2D eigenvalue weighted by molar-refractivity contribution is 7.08. The molecule has 1 atom stereocenters. The van der Waals surface area contributed by atoms with Crippen molar-refractivity contribution in [1.29, 1.82) is 0 Å². The Morgan fingerprint density at radius 2 is 2.07 bits per heavy atom. The van der Waals surface area contributed by atoms with Crippen LogP contribution in [0.25, 0.3) is 11.5 Å². The number of aryl methyl sites for hydroxylation is 1. The number of nitrogens with zero attached hydrogens (tertiary/aromatic N) is 2. The summed E-state index contributed by atoms with van der Waals surface area (Å²) < 4.78 is 25.0. The fraction of sp³-hybridized carbons (Fsp3) is 0.381. The van der Waals surface area contributed by atoms with E-state index in [4.69, 9.17) is 9.15 Å². The summed E-state index contributed by atoms with van der Waals surface area (Å²) in [5.41, 5.74) is 0.605. The zero-order valence-corrected chi connectivity index (χ0v) is 17.5. The largest absolute Gasteiger partial charge is 0.488 e. The van der Waals surface area contributed by atoms with Gasteiger partial charge < -0.3 is 14.5 Å². The second kappa shape index (κ2) is 9.17. The van der Waals surface area contributed by atoms with Crippen LogP contribution in [0.5, 0.6) is 5.75 Å². The molecular weight excluding hydrogens is 393 g/mol. The summed E-state index contributed by atoms with van der Waals surface area (Å²) in [7, 11) is 0. The number of hydrogen-bond acceptors (Lipinski definition) is 6. The highest BCUT2D eigenvalue weighted by Crippen LogP contribution is 2.23. The van der Waals surface area contributed by atoms with Crippen molar-refractivity contribution in [2.24, 2.45) is 5.41 Å². The average molecular weight is 418 g/mol. The Bertz CT molecular complexity index is 935. The van der Waals surface area contributed by atoms with E-state index in [2.05, 4.69) is 15.5 Å². The number of carbonyl (C=O) groups is 1. The van der Waals surface area contributed by atoms with Gasteiger partial charge in [-0.1, -0.05) is 32.9 Å². The molecule has 0 saturated heterocycles. The molecule has 0 spiro atoms. The molecule has 1 N–H and O–H groups in total. The van der Waals surface area contributed by atoms with Gasteiger partial charge in [0.25, 0.3) is 0 Å². The van der Waals surface area contributed by atoms with E-state index in [0.717, 1.165) is 5.56 Å². The summed E-state index contributed by atoms with van der Waals surface area (Å²) in [6.07, 6.45) is 0.547. The summed E-state index contributed by atoms with van der Waals surface area (Å²) in [5, 5.41) is 14.8. The van der Waals surface area contributed by atoms with Gasteiger partial charge in [-0.25, -0.2) is 4.39 Å². The molecule has 0 saturated carbocycles. The molecule has 1 aromatic carbocycles. The number of para-hydroxylation sites is 1. The third-order valence-corrected chi connectivity index (χ3v) is 5.11. The van der Waals surface area contributed by atoms with Crippen LogP contribution in [0.1, 0.15) is 33.1 Å². The second-order valence-corrected chi connectivity index (χ2v) is 8.52. The number of aromatic nitrogens is 2. The Balaban J connectivity index is 1.54. The molecule has 1 amide bonds. The van der Waals surface area contributed by atoms with Gasteiger partial charge in [0.1, 0.15) is 6.61 Å². The monoisotopic (exact) mass is 417 g/mol. The number of nitrogens with one attached hydrogen (secondary N) is 1. The van der Waals surface area contributed by atoms with E-state index in [-0.39, 0.29) is 36.1 Å². The van der Waals surface area contributed by atoms with E-state index < -0.39 is 5.82 Å². The molecule has 0 aliphatic rings. The first-order chi connectivity index (χ1) is 13.8. The number of hydrogen-bond donors (Lipinski definition) is 1. The van der Waals surface area contributed by atoms with Crippen molar-refractivity contribution in [1.82, 2.24) is 15.5 Å². The zero-order valence-electron chi connectivity index (χ0n) is 16.6. The summed E-state index contributed by atoms with van der Waals surface area (Å²) in [6.45, 7) is 6.15. The van der Waals surface area contributed by atoms with Gasteiger partial charge in [0, 0.05) is 23.8 Å². The van der Waals surface area contributed by atoms with Crippen LogP contribution < -0.4 is 10.1 Å². The maximum atomic E-state index is 13.8. The summed E-state index contributed by atoms with van der Waals surface area (Å²) in [6, 6.07) is 7.83. The molecule has 154 valence electrons. The zero-order chi connectivity index (χ0) is 20.9. The number of ether oxygens (including phenoxy) is 1. The van der Waals surface area contributed by atoms with Crippen molar-refractivity contribution in [3.05, 3.63) is 52.8 Å². The second-order valence-electron chi connectivity index (χ2n) is 7.74. The van der Waals surface area contributed by atoms with E-state index in [1.807, 2.05) is 37.6 Å². The van der Waals surface area contributed by atoms with Crippen LogP contribution in [0.2, 0.25) is 0 Å². The number of rotatable bonds is 8. The number of thiophene rings is 1. The van der Waals surface area contributed by atoms with Crippen LogP contribution in [0.4, 0.5) is 4.39 Å². The first-order valence-corrected chi connectivity index (χ1v) is 10.3. The predicted octanol–water partition coefficient (Wildman–Crippen LogP) is 4.48. The molecule has 0 bridgehead atoms. The molecule has 6 nitrogen and oxygen atoms in total. The minimum Gasteiger partial charge on any atom is -0.488 e. The standard InChI is InChI=1S/C21H24FN3O3S/c1-21(2,3)17(12-27-16-7-5-4-6-15(16)22)23-18(26)8-9-19-24-25-20(28-19)14-10-11-29-13-14/h4-7,10-11,13,17H,8-9,12H2,1-3H3,(H,23,26). The molecule has 8 heteroatoms. The van der Waals surface area contributed by atoms with Crippen molar-refractivity contribution >= 4 is 17.2 Å². The first kappa shape index (κ1) is 21.0. The number of amides is 1. The highest BCUT2D eigenvalue weighted by atomic mass is 32.1. The molecule has 0 aliphatic heterocycles. The van der Waals surface area contributed by atoms with Crippen LogP contribution in [-0.4, -0.2) is 28.8 Å². The third-order valence-electron chi connectivity index (χ3n) is 4.42. The van der Waals surface area contributed by atoms with Crippen LogP contribution in [0, 0.1) is 11.2 Å². The SMILES string of the molecule is CC(C)(C)C(COc1ccccc1F)NC(=O)CCc1nnc(-c2ccsc2)o1. The topological polar surface area (TPSA) is 77.2 Å². The number of halogens is 1. The molecule has 2 heterocycles. The maximum Gasteiger partial charge on any atom is 0.248 e. The first-order valence-electron chi connectivity index (χ1n) is 9.34. The minimum absolute atomic E-state index is 0.155. The molecule has 29 heavy (non-hydrogen) atoms. The lowest BCUT2D eigenvalue weighted by molar-refractivity contribution is -0.123. The Kier molecular flexibility index (Phi) is 6.64. The van der Waals surface area contributed by atoms with Gasteiger partial charge >= 0.3 is 0 Å². The molecule has 0 aliphatic carbocycles. The molecule has 3 rings (SSSR count). The molecule has 0 fully saturated rings. The Labute approximate surface area is 173 Å². The maximum absolute atomic E-state index is 13.8. The van der Waals surface area contributed by atoms with Crippen LogP contribution in [-0.2, 0) is 11.2 Å². The lowest BCUT2D eigenvalue weighted by Crippen LogP contribution is -2.47. The fourth-order valence-electron chi connectivity index (χ4n) is 2.59. The Morgan fingerprint density at radius 1 is 1.28 bits per heavy atom. The van der Waals surface area contributed by atoms with E-state index in [0.29, 0.717) is 18.2 Å². The predicted molar refractivity (Wildman–Crippen MR) is 109 cm³/mol. The van der Waals surface area contributed by atoms with Crippen molar-refractivity contribution in [3.63, 3.8) is 0 Å². The number of benzene rings is 1. The molecule has 0 radical (unpaired) electrons. The van der Waals surface area contributed by atoms with Gasteiger partial charge in [-0.2, -0.15) is 11.3 Å². The van der Waals surface area contributed by atoms with Gasteiger partial charge in [-0.3, -0.25) is 4.79 Å². The normalized spacial score (nSPS) is 12.6. The molecule has 3 aromatic rings. The van der Waals surface area contributed by atoms with E-state index in [9.17, 15) is 9.18 Å². The Hall–Kier alpha value is -2.74. The molecular formula is C21H24FN3O3S. The highest BCUT2D eigenvalue weighted by Gasteiger charge is 2.27. The minimum atomic E-state index is -0.427. The summed E-state index contributed by atoms with van der Waals surface area (Å²) in [4.78, 5) is 12.5. The van der Waals surface area contributed by atoms with Gasteiger partial charge in [0.05, 0.1) is 6.04 Å². The van der Waals surface area contributed by atoms with Gasteiger partial charge in [0.15, 0.2) is 11.6 Å². The van der Waals surface area contributed by atoms with Gasteiger partial charge in [-0.15, -0.1) is 10.2 Å². The lowest BCUT2D eigenvalue weighted by Gasteiger charge is -2.31. The quantitative estimate of drug-likeness (QED) is 0.585. The third kappa shape index (κ3) is 5.87. The smallest absolute Gasteiger partial charge is 0.248 e. The van der Waals surface area contributed by atoms with Crippen molar-refractivity contribution in [2.45, 2.75) is 39.7 Å². The lowest BCUT2D eigenvalue weighted by atomic mass is 9.87. The van der Waals surface area contributed by atoms with Gasteiger partial charge in [-0.05, 0) is 29.0 Å². The Morgan fingerprint density at radius 3 is 2.76 bits per heavy atom. The number of carbonyl (C=O) groups excluding carboxylic acids is 1. The van der Waals surface area contributed by atoms with Crippen LogP contribution >= 0.6 is 11.3 Å². The van der Waals surface area contributed by atoms with E-state index in [1.54, 1.807) is 29.5 Å². The van der Waals surface area contributed by atoms with E-state index >= 15 is 0 Å². The fourth-order valence-corrected chi connectivity index (χ4v) is 3.22. The van der Waals surface area contributed by atoms with Crippen LogP contribution in [0.15, 0.2) is 45.5 Å². The molecule has 1 unspecified atom stereocenters. The van der Waals surface area contributed by atoms with Gasteiger partial charge in [0.2, 0.25) is 17.7 Å². The molecule has 2 aromatic heterocycles. The van der Waals surface area contributed by atoms with Crippen molar-refractivity contribution in [2.75, 3.05) is 6.61 Å². The van der Waals surface area contributed by atoms with E-state index in [1.165, 1.54) is 6.07 Å². The van der Waals surface area contributed by atoms with Crippen molar-refractivity contribution in [3.8, 4) is 17.2 Å². The average Bonchev–Trinajstić information content (AvgIpc) is 3.35. The van der Waals surface area contributed by atoms with Crippen LogP contribution in [0.3, 0.4) is 0 Å².